The number of aliphatic imine (C=N–C) groups is 1. The van der Waals surface area contributed by atoms with Crippen LogP contribution in [0, 0.1) is 12.8 Å². The summed E-state index contributed by atoms with van der Waals surface area (Å²) in [5.74, 6) is 0.488. The van der Waals surface area contributed by atoms with Gasteiger partial charge in [0.2, 0.25) is 0 Å². The number of hydrogen-bond acceptors (Lipinski definition) is 3. The third-order valence-corrected chi connectivity index (χ3v) is 6.13. The van der Waals surface area contributed by atoms with Gasteiger partial charge in [-0.15, -0.1) is 0 Å². The number of allylic oxidation sites excluding steroid dienone is 6. The van der Waals surface area contributed by atoms with Crippen LogP contribution >= 0.6 is 0 Å². The molecule has 0 saturated carbocycles. The van der Waals surface area contributed by atoms with Crippen molar-refractivity contribution < 1.29 is 0 Å². The Hall–Kier alpha value is -2.58. The summed E-state index contributed by atoms with van der Waals surface area (Å²) < 4.78 is 3.13. The van der Waals surface area contributed by atoms with E-state index in [4.69, 9.17) is 0 Å². The average molecular weight is 414 g/mol. The van der Waals surface area contributed by atoms with Crippen molar-refractivity contribution in [3.8, 4) is 5.69 Å². The fourth-order valence-electron chi connectivity index (χ4n) is 4.00. The number of benzene rings is 1. The first-order valence-electron chi connectivity index (χ1n) is 9.17. The van der Waals surface area contributed by atoms with Gasteiger partial charge in [-0.2, -0.15) is 0 Å². The van der Waals surface area contributed by atoms with Gasteiger partial charge in [-0.1, -0.05) is 0 Å². The van der Waals surface area contributed by atoms with Crippen LogP contribution in [0.1, 0.15) is 18.5 Å². The van der Waals surface area contributed by atoms with Crippen molar-refractivity contribution in [3.05, 3.63) is 88.1 Å². The number of rotatable bonds is 2. The molecule has 1 aromatic heterocycles. The molecule has 5 heteroatoms. The number of nitrogens with zero attached hydrogens (tertiary/aromatic N) is 4. The Bertz CT molecular complexity index is 1070. The Kier molecular flexibility index (Phi) is 4.02. The van der Waals surface area contributed by atoms with Crippen LogP contribution in [-0.4, -0.2) is 32.7 Å². The molecule has 2 aliphatic carbocycles. The zero-order valence-electron chi connectivity index (χ0n) is 15.1. The second-order valence-corrected chi connectivity index (χ2v) is 7.94. The monoisotopic (exact) mass is 414 g/mol. The molecule has 1 aliphatic heterocycles. The molecule has 2 aromatic rings. The zero-order chi connectivity index (χ0) is 18.4. The summed E-state index contributed by atoms with van der Waals surface area (Å²) in [5, 5.41) is 0. The molecule has 27 heavy (non-hydrogen) atoms. The molecule has 2 heterocycles. The molecular weight excluding hydrogens is 395 g/mol. The summed E-state index contributed by atoms with van der Waals surface area (Å²) in [6.07, 6.45) is 16.9. The molecular formula is C22H19AsN4. The van der Waals surface area contributed by atoms with Crippen molar-refractivity contribution in [2.75, 3.05) is 4.90 Å². The van der Waals surface area contributed by atoms with Crippen molar-refractivity contribution in [2.45, 2.75) is 19.8 Å². The summed E-state index contributed by atoms with van der Waals surface area (Å²) in [5.41, 5.74) is 7.24. The van der Waals surface area contributed by atoms with Crippen LogP contribution in [0.2, 0.25) is 0 Å². The van der Waals surface area contributed by atoms with Crippen molar-refractivity contribution in [2.24, 2.45) is 10.9 Å². The van der Waals surface area contributed by atoms with Crippen LogP contribution < -0.4 is 4.90 Å². The van der Waals surface area contributed by atoms with Gasteiger partial charge in [0.15, 0.2) is 0 Å². The van der Waals surface area contributed by atoms with E-state index in [2.05, 4.69) is 84.9 Å². The number of imidazole rings is 1. The SMILES string of the molecule is Cc1cn(-c2cccc(N3C=NC([As])=C4CCC5C=CC=CC5=C43)c2)cn1. The third kappa shape index (κ3) is 2.85. The Morgan fingerprint density at radius 1 is 1.19 bits per heavy atom. The van der Waals surface area contributed by atoms with Gasteiger partial charge in [-0.25, -0.2) is 0 Å². The minimum atomic E-state index is 0.488. The Balaban J connectivity index is 1.63. The van der Waals surface area contributed by atoms with E-state index in [0.29, 0.717) is 5.92 Å². The number of aromatic nitrogens is 2. The van der Waals surface area contributed by atoms with Crippen molar-refractivity contribution in [1.29, 1.82) is 0 Å². The molecule has 0 bridgehead atoms. The third-order valence-electron chi connectivity index (χ3n) is 5.32. The van der Waals surface area contributed by atoms with E-state index < -0.39 is 0 Å². The second kappa shape index (κ2) is 6.54. The van der Waals surface area contributed by atoms with Gasteiger partial charge in [0.25, 0.3) is 0 Å². The quantitative estimate of drug-likeness (QED) is 0.691. The maximum absolute atomic E-state index is 4.67. The second-order valence-electron chi connectivity index (χ2n) is 7.05. The Morgan fingerprint density at radius 3 is 2.93 bits per heavy atom. The molecule has 0 spiro atoms. The summed E-state index contributed by atoms with van der Waals surface area (Å²) in [6, 6.07) is 8.54. The molecule has 5 rings (SSSR count). The topological polar surface area (TPSA) is 33.4 Å². The van der Waals surface area contributed by atoms with Gasteiger partial charge in [0, 0.05) is 0 Å². The summed E-state index contributed by atoms with van der Waals surface area (Å²) in [7, 11) is 0. The van der Waals surface area contributed by atoms with Gasteiger partial charge in [0.05, 0.1) is 0 Å². The normalized spacial score (nSPS) is 21.0. The molecule has 0 amide bonds. The predicted molar refractivity (Wildman–Crippen MR) is 110 cm³/mol. The van der Waals surface area contributed by atoms with Gasteiger partial charge >= 0.3 is 168 Å². The fraction of sp³-hybridized carbons (Fsp3) is 0.182. The summed E-state index contributed by atoms with van der Waals surface area (Å²) in [4.78, 5) is 11.3. The number of fused-ring (bicyclic) bond motifs is 2. The molecule has 0 N–H and O–H groups in total. The Labute approximate surface area is 167 Å². The standard InChI is InChI=1S/C22H19AsN4/c1-15-12-26(13-24-15)17-6-4-7-18(11-17)27-14-25-22(23)20-10-9-16-5-2-3-8-19(16)21(20)27/h2-8,11-14,16H,9-10H2,1H3. The number of hydrogen-bond donors (Lipinski definition) is 0. The van der Waals surface area contributed by atoms with E-state index in [0.717, 1.165) is 34.4 Å². The minimum absolute atomic E-state index is 0.488. The number of anilines is 1. The molecule has 2 radical (unpaired) electrons. The van der Waals surface area contributed by atoms with Gasteiger partial charge in [0.1, 0.15) is 0 Å². The average Bonchev–Trinajstić information content (AvgIpc) is 3.15. The van der Waals surface area contributed by atoms with E-state index in [-0.39, 0.29) is 0 Å². The molecule has 132 valence electrons. The predicted octanol–water partition coefficient (Wildman–Crippen LogP) is 4.20. The van der Waals surface area contributed by atoms with Crippen LogP contribution in [0.3, 0.4) is 0 Å². The zero-order valence-corrected chi connectivity index (χ0v) is 17.0. The van der Waals surface area contributed by atoms with Crippen LogP contribution in [0.4, 0.5) is 5.69 Å². The van der Waals surface area contributed by atoms with Crippen LogP contribution in [0.25, 0.3) is 5.69 Å². The molecule has 4 nitrogen and oxygen atoms in total. The van der Waals surface area contributed by atoms with E-state index in [1.165, 1.54) is 16.8 Å². The molecule has 1 aromatic carbocycles. The number of aryl methyl sites for hydroxylation is 1. The van der Waals surface area contributed by atoms with E-state index in [1.54, 1.807) is 0 Å². The van der Waals surface area contributed by atoms with Crippen molar-refractivity contribution in [1.82, 2.24) is 9.55 Å². The van der Waals surface area contributed by atoms with Gasteiger partial charge < -0.3 is 0 Å². The first-order chi connectivity index (χ1) is 13.2. The van der Waals surface area contributed by atoms with E-state index >= 15 is 0 Å². The van der Waals surface area contributed by atoms with Crippen LogP contribution in [0.5, 0.6) is 0 Å². The van der Waals surface area contributed by atoms with Crippen LogP contribution in [0.15, 0.2) is 87.4 Å². The first kappa shape index (κ1) is 16.6. The van der Waals surface area contributed by atoms with Gasteiger partial charge in [-0.05, 0) is 0 Å². The van der Waals surface area contributed by atoms with Gasteiger partial charge in [-0.3, -0.25) is 0 Å². The maximum atomic E-state index is 4.67. The fourth-order valence-corrected chi connectivity index (χ4v) is 4.56. The molecule has 0 fully saturated rings. The Morgan fingerprint density at radius 2 is 2.07 bits per heavy atom. The summed E-state index contributed by atoms with van der Waals surface area (Å²) >= 11 is 2.64. The van der Waals surface area contributed by atoms with E-state index in [1.807, 2.05) is 25.8 Å². The molecule has 1 atom stereocenters. The molecule has 1 unspecified atom stereocenters. The van der Waals surface area contributed by atoms with Crippen LogP contribution in [-0.2, 0) is 0 Å². The molecule has 3 aliphatic rings. The summed E-state index contributed by atoms with van der Waals surface area (Å²) in [6.45, 7) is 2.01. The molecule has 0 saturated heterocycles. The first-order valence-corrected chi connectivity index (χ1v) is 10.1. The van der Waals surface area contributed by atoms with Crippen molar-refractivity contribution in [3.63, 3.8) is 0 Å². The van der Waals surface area contributed by atoms with Crippen molar-refractivity contribution >= 4 is 28.9 Å². The van der Waals surface area contributed by atoms with E-state index in [9.17, 15) is 0 Å².